The predicted octanol–water partition coefficient (Wildman–Crippen LogP) is 0.955. The Morgan fingerprint density at radius 3 is 3.17 bits per heavy atom. The third-order valence-corrected chi connectivity index (χ3v) is 3.36. The van der Waals surface area contributed by atoms with E-state index >= 15 is 0 Å². The van der Waals surface area contributed by atoms with Crippen molar-refractivity contribution in [3.05, 3.63) is 40.3 Å². The fraction of sp³-hybridized carbons (Fsp3) is 0.182. The quantitative estimate of drug-likeness (QED) is 0.861. The average Bonchev–Trinajstić information content (AvgIpc) is 2.95. The number of hydrogen-bond acceptors (Lipinski definition) is 6. The number of aliphatic imine (C=N–C) groups is 1. The van der Waals surface area contributed by atoms with Crippen LogP contribution in [-0.2, 0) is 11.2 Å². The molecule has 0 unspecified atom stereocenters. The molecule has 1 N–H and O–H groups in total. The standard InChI is InChI=1S/C11H11N5OS/c1-8-13-9(6-18-8)4-11(17)15-5-10-2-3-12-7-16(10)14-15/h2-3,5-7,14H,4H2,1H3. The molecular weight excluding hydrogens is 250 g/mol. The number of thiazole rings is 1. The summed E-state index contributed by atoms with van der Waals surface area (Å²) in [6, 6.07) is 0. The zero-order valence-electron chi connectivity index (χ0n) is 9.70. The van der Waals surface area contributed by atoms with Gasteiger partial charge in [-0.15, -0.1) is 16.9 Å². The molecule has 3 heterocycles. The molecule has 0 atom stereocenters. The van der Waals surface area contributed by atoms with Gasteiger partial charge in [0.2, 0.25) is 5.91 Å². The van der Waals surface area contributed by atoms with E-state index in [2.05, 4.69) is 15.5 Å². The van der Waals surface area contributed by atoms with Gasteiger partial charge >= 0.3 is 0 Å². The fourth-order valence-corrected chi connectivity index (χ4v) is 2.31. The maximum Gasteiger partial charge on any atom is 0.248 e. The molecule has 0 saturated carbocycles. The number of hydrazine groups is 2. The number of nitrogens with one attached hydrogen (secondary N) is 1. The second-order valence-electron chi connectivity index (χ2n) is 3.90. The normalized spacial score (nSPS) is 17.1. The summed E-state index contributed by atoms with van der Waals surface area (Å²) in [7, 11) is 0. The Balaban J connectivity index is 1.69. The minimum atomic E-state index is -0.0519. The highest BCUT2D eigenvalue weighted by Gasteiger charge is 2.24. The van der Waals surface area contributed by atoms with Crippen LogP contribution in [0.3, 0.4) is 0 Å². The highest BCUT2D eigenvalue weighted by atomic mass is 32.1. The second-order valence-corrected chi connectivity index (χ2v) is 4.96. The summed E-state index contributed by atoms with van der Waals surface area (Å²) in [6.45, 7) is 1.93. The van der Waals surface area contributed by atoms with Gasteiger partial charge < -0.3 is 0 Å². The van der Waals surface area contributed by atoms with Crippen LogP contribution in [0.15, 0.2) is 34.5 Å². The Morgan fingerprint density at radius 2 is 2.44 bits per heavy atom. The van der Waals surface area contributed by atoms with E-state index in [-0.39, 0.29) is 12.3 Å². The Hall–Kier alpha value is -1.99. The van der Waals surface area contributed by atoms with Crippen LogP contribution in [0.4, 0.5) is 0 Å². The van der Waals surface area contributed by atoms with E-state index in [0.29, 0.717) is 0 Å². The molecule has 0 bridgehead atoms. The van der Waals surface area contributed by atoms with E-state index in [9.17, 15) is 4.79 Å². The lowest BCUT2D eigenvalue weighted by Gasteiger charge is -2.19. The molecule has 0 radical (unpaired) electrons. The van der Waals surface area contributed by atoms with Crippen LogP contribution in [0.25, 0.3) is 0 Å². The number of aromatic nitrogens is 1. The van der Waals surface area contributed by atoms with E-state index in [1.807, 2.05) is 18.4 Å². The Kier molecular flexibility index (Phi) is 2.69. The van der Waals surface area contributed by atoms with Crippen molar-refractivity contribution in [1.82, 2.24) is 20.5 Å². The Bertz CT molecular complexity index is 574. The predicted molar refractivity (Wildman–Crippen MR) is 68.1 cm³/mol. The van der Waals surface area contributed by atoms with Crippen LogP contribution >= 0.6 is 11.3 Å². The summed E-state index contributed by atoms with van der Waals surface area (Å²) < 4.78 is 0. The topological polar surface area (TPSA) is 60.8 Å². The van der Waals surface area contributed by atoms with Gasteiger partial charge in [0.25, 0.3) is 0 Å². The second kappa shape index (κ2) is 4.35. The highest BCUT2D eigenvalue weighted by Crippen LogP contribution is 2.15. The molecule has 2 aliphatic heterocycles. The van der Waals surface area contributed by atoms with Crippen molar-refractivity contribution in [2.75, 3.05) is 0 Å². The monoisotopic (exact) mass is 261 g/mol. The van der Waals surface area contributed by atoms with E-state index in [4.69, 9.17) is 0 Å². The summed E-state index contributed by atoms with van der Waals surface area (Å²) in [5.74, 6) is -0.0519. The van der Waals surface area contributed by atoms with E-state index < -0.39 is 0 Å². The number of amides is 1. The van der Waals surface area contributed by atoms with Crippen LogP contribution < -0.4 is 5.53 Å². The van der Waals surface area contributed by atoms with Crippen LogP contribution in [-0.4, -0.2) is 27.2 Å². The maximum atomic E-state index is 12.1. The first-order valence-electron chi connectivity index (χ1n) is 5.42. The van der Waals surface area contributed by atoms with Crippen LogP contribution in [0.1, 0.15) is 10.7 Å². The zero-order chi connectivity index (χ0) is 12.5. The first kappa shape index (κ1) is 11.1. The van der Waals surface area contributed by atoms with E-state index in [0.717, 1.165) is 16.4 Å². The summed E-state index contributed by atoms with van der Waals surface area (Å²) in [5.41, 5.74) is 4.60. The van der Waals surface area contributed by atoms with Crippen LogP contribution in [0.5, 0.6) is 0 Å². The molecule has 0 spiro atoms. The molecule has 92 valence electrons. The summed E-state index contributed by atoms with van der Waals surface area (Å²) in [4.78, 5) is 20.3. The summed E-state index contributed by atoms with van der Waals surface area (Å²) in [6.07, 6.45) is 7.15. The van der Waals surface area contributed by atoms with Gasteiger partial charge in [0.15, 0.2) is 0 Å². The molecule has 0 aliphatic carbocycles. The van der Waals surface area contributed by atoms with Crippen molar-refractivity contribution in [3.63, 3.8) is 0 Å². The van der Waals surface area contributed by atoms with Gasteiger partial charge in [-0.05, 0) is 13.0 Å². The van der Waals surface area contributed by atoms with Gasteiger partial charge in [-0.3, -0.25) is 4.79 Å². The number of carbonyl (C=O) groups is 1. The van der Waals surface area contributed by atoms with Gasteiger partial charge in [0.1, 0.15) is 6.34 Å². The Labute approximate surface area is 108 Å². The molecule has 0 fully saturated rings. The Morgan fingerprint density at radius 1 is 1.56 bits per heavy atom. The summed E-state index contributed by atoms with van der Waals surface area (Å²) >= 11 is 1.55. The number of nitrogens with zero attached hydrogens (tertiary/aromatic N) is 4. The average molecular weight is 261 g/mol. The molecule has 1 aromatic rings. The fourth-order valence-electron chi connectivity index (χ4n) is 1.69. The van der Waals surface area contributed by atoms with E-state index in [1.54, 1.807) is 35.1 Å². The summed E-state index contributed by atoms with van der Waals surface area (Å²) in [5, 5.41) is 6.01. The third kappa shape index (κ3) is 2.05. The molecule has 18 heavy (non-hydrogen) atoms. The first-order chi connectivity index (χ1) is 8.72. The number of rotatable bonds is 2. The van der Waals surface area contributed by atoms with Gasteiger partial charge in [-0.25, -0.2) is 20.0 Å². The number of aryl methyl sites for hydroxylation is 1. The molecule has 1 aromatic heterocycles. The number of fused-ring (bicyclic) bond motifs is 1. The lowest BCUT2D eigenvalue weighted by molar-refractivity contribution is -0.131. The van der Waals surface area contributed by atoms with Gasteiger partial charge in [-0.2, -0.15) is 0 Å². The minimum Gasteiger partial charge on any atom is -0.273 e. The van der Waals surface area contributed by atoms with Gasteiger partial charge in [0.05, 0.1) is 29.0 Å². The molecule has 0 saturated heterocycles. The largest absolute Gasteiger partial charge is 0.273 e. The number of allylic oxidation sites excluding steroid dienone is 1. The third-order valence-electron chi connectivity index (χ3n) is 2.54. The van der Waals surface area contributed by atoms with Crippen molar-refractivity contribution < 1.29 is 4.79 Å². The van der Waals surface area contributed by atoms with Crippen molar-refractivity contribution in [1.29, 1.82) is 0 Å². The van der Waals surface area contributed by atoms with Gasteiger partial charge in [0, 0.05) is 11.6 Å². The highest BCUT2D eigenvalue weighted by molar-refractivity contribution is 7.09. The maximum absolute atomic E-state index is 12.1. The smallest absolute Gasteiger partial charge is 0.248 e. The van der Waals surface area contributed by atoms with Gasteiger partial charge in [-0.1, -0.05) is 0 Å². The lowest BCUT2D eigenvalue weighted by atomic mass is 10.3. The molecule has 2 aliphatic rings. The van der Waals surface area contributed by atoms with Crippen LogP contribution in [0, 0.1) is 6.92 Å². The molecule has 6 nitrogen and oxygen atoms in total. The van der Waals surface area contributed by atoms with Crippen molar-refractivity contribution in [2.45, 2.75) is 13.3 Å². The molecule has 3 rings (SSSR count). The molecular formula is C11H11N5OS. The van der Waals surface area contributed by atoms with Crippen LogP contribution in [0.2, 0.25) is 0 Å². The van der Waals surface area contributed by atoms with E-state index in [1.165, 1.54) is 5.01 Å². The number of hydrogen-bond donors (Lipinski definition) is 1. The SMILES string of the molecule is Cc1nc(CC(=O)N2C=C3C=CN=CN3N2)cs1. The minimum absolute atomic E-state index is 0.0519. The molecule has 1 amide bonds. The first-order valence-corrected chi connectivity index (χ1v) is 6.30. The zero-order valence-corrected chi connectivity index (χ0v) is 10.5. The van der Waals surface area contributed by atoms with Crippen molar-refractivity contribution >= 4 is 23.6 Å². The van der Waals surface area contributed by atoms with Crippen molar-refractivity contribution in [3.8, 4) is 0 Å². The number of carbonyl (C=O) groups excluding carboxylic acids is 1. The molecule has 0 aromatic carbocycles. The van der Waals surface area contributed by atoms with Crippen molar-refractivity contribution in [2.24, 2.45) is 4.99 Å². The molecule has 7 heteroatoms. The lowest BCUT2D eigenvalue weighted by Crippen LogP contribution is -2.43.